The van der Waals surface area contributed by atoms with E-state index >= 15 is 0 Å². The third kappa shape index (κ3) is 3.18. The standard InChI is InChI=1S/C14H21N3S3/c1-3-15-12(13-10(2)18-6-7-19-13)8-11-9-17-4-5-20-14(17)16-11/h4-5,9-10,12-13,15H,3,6-8H2,1-2H3. The van der Waals surface area contributed by atoms with E-state index in [2.05, 4.69) is 64.9 Å². The first kappa shape index (κ1) is 14.8. The number of likely N-dealkylation sites (N-methyl/N-ethyl adjacent to an activating group) is 1. The Labute approximate surface area is 132 Å². The van der Waals surface area contributed by atoms with Crippen molar-refractivity contribution in [2.45, 2.75) is 36.8 Å². The van der Waals surface area contributed by atoms with Crippen LogP contribution in [0.3, 0.4) is 0 Å². The maximum Gasteiger partial charge on any atom is 0.193 e. The molecule has 0 radical (unpaired) electrons. The summed E-state index contributed by atoms with van der Waals surface area (Å²) in [7, 11) is 0. The van der Waals surface area contributed by atoms with Crippen LogP contribution in [0.1, 0.15) is 19.5 Å². The van der Waals surface area contributed by atoms with Gasteiger partial charge in [0.2, 0.25) is 0 Å². The number of nitrogens with one attached hydrogen (secondary N) is 1. The molecule has 3 rings (SSSR count). The monoisotopic (exact) mass is 327 g/mol. The number of hydrogen-bond donors (Lipinski definition) is 1. The summed E-state index contributed by atoms with van der Waals surface area (Å²) in [5.74, 6) is 2.57. The van der Waals surface area contributed by atoms with Crippen molar-refractivity contribution in [1.82, 2.24) is 14.7 Å². The van der Waals surface area contributed by atoms with Gasteiger partial charge in [0.25, 0.3) is 0 Å². The molecule has 0 aliphatic carbocycles. The fourth-order valence-corrected chi connectivity index (χ4v) is 6.44. The van der Waals surface area contributed by atoms with Gasteiger partial charge in [-0.15, -0.1) is 11.3 Å². The molecule has 3 heterocycles. The number of thioether (sulfide) groups is 2. The van der Waals surface area contributed by atoms with Gasteiger partial charge in [0.15, 0.2) is 4.96 Å². The minimum Gasteiger partial charge on any atom is -0.313 e. The summed E-state index contributed by atoms with van der Waals surface area (Å²) in [6, 6.07) is 0.525. The van der Waals surface area contributed by atoms with E-state index in [-0.39, 0.29) is 0 Å². The normalized spacial score (nSPS) is 25.1. The Hall–Kier alpha value is -0.170. The van der Waals surface area contributed by atoms with Crippen molar-refractivity contribution in [3.63, 3.8) is 0 Å². The summed E-state index contributed by atoms with van der Waals surface area (Å²) in [5.41, 5.74) is 1.21. The molecular formula is C14H21N3S3. The number of nitrogens with zero attached hydrogens (tertiary/aromatic N) is 2. The van der Waals surface area contributed by atoms with Crippen LogP contribution in [0.25, 0.3) is 4.96 Å². The first-order chi connectivity index (χ1) is 9.78. The Kier molecular flexibility index (Phi) is 4.96. The lowest BCUT2D eigenvalue weighted by atomic mass is 10.1. The quantitative estimate of drug-likeness (QED) is 0.913. The minimum atomic E-state index is 0.525. The second-order valence-corrected chi connectivity index (χ2v) is 8.75. The maximum atomic E-state index is 4.74. The second kappa shape index (κ2) is 6.73. The SMILES string of the molecule is CCNC(Cc1cn2ccsc2n1)C1SCCSC1C. The van der Waals surface area contributed by atoms with Gasteiger partial charge in [-0.2, -0.15) is 23.5 Å². The third-order valence-corrected chi connectivity index (χ3v) is 7.69. The van der Waals surface area contributed by atoms with E-state index < -0.39 is 0 Å². The van der Waals surface area contributed by atoms with Crippen LogP contribution in [0.4, 0.5) is 0 Å². The highest BCUT2D eigenvalue weighted by Crippen LogP contribution is 2.34. The van der Waals surface area contributed by atoms with Crippen molar-refractivity contribution >= 4 is 39.8 Å². The lowest BCUT2D eigenvalue weighted by Crippen LogP contribution is -2.45. The first-order valence-corrected chi connectivity index (χ1v) is 10.1. The molecule has 3 atom stereocenters. The van der Waals surface area contributed by atoms with Crippen LogP contribution in [0.2, 0.25) is 0 Å². The second-order valence-electron chi connectivity index (χ2n) is 5.10. The molecule has 1 aliphatic rings. The predicted octanol–water partition coefficient (Wildman–Crippen LogP) is 3.15. The maximum absolute atomic E-state index is 4.74. The zero-order valence-corrected chi connectivity index (χ0v) is 14.4. The summed E-state index contributed by atoms with van der Waals surface area (Å²) in [4.78, 5) is 5.85. The molecule has 110 valence electrons. The average molecular weight is 328 g/mol. The molecule has 3 unspecified atom stereocenters. The van der Waals surface area contributed by atoms with Gasteiger partial charge in [0, 0.05) is 52.2 Å². The summed E-state index contributed by atoms with van der Waals surface area (Å²) in [6.07, 6.45) is 5.30. The van der Waals surface area contributed by atoms with E-state index in [1.165, 1.54) is 17.2 Å². The minimum absolute atomic E-state index is 0.525. The van der Waals surface area contributed by atoms with Crippen LogP contribution in [-0.4, -0.2) is 44.0 Å². The molecule has 0 saturated carbocycles. The molecule has 20 heavy (non-hydrogen) atoms. The summed E-state index contributed by atoms with van der Waals surface area (Å²) in [5, 5.41) is 7.19. The van der Waals surface area contributed by atoms with Crippen molar-refractivity contribution < 1.29 is 0 Å². The summed E-state index contributed by atoms with van der Waals surface area (Å²) in [6.45, 7) is 5.60. The smallest absolute Gasteiger partial charge is 0.193 e. The van der Waals surface area contributed by atoms with E-state index in [4.69, 9.17) is 4.98 Å². The van der Waals surface area contributed by atoms with E-state index in [0.29, 0.717) is 11.3 Å². The summed E-state index contributed by atoms with van der Waals surface area (Å²) < 4.78 is 2.13. The number of fused-ring (bicyclic) bond motifs is 1. The Bertz CT molecular complexity index is 522. The van der Waals surface area contributed by atoms with E-state index in [1.54, 1.807) is 11.3 Å². The van der Waals surface area contributed by atoms with E-state index in [0.717, 1.165) is 23.2 Å². The molecule has 0 spiro atoms. The number of imidazole rings is 1. The highest BCUT2D eigenvalue weighted by molar-refractivity contribution is 8.07. The fourth-order valence-electron chi connectivity index (χ4n) is 2.76. The molecule has 3 nitrogen and oxygen atoms in total. The molecule has 1 N–H and O–H groups in total. The number of hydrogen-bond acceptors (Lipinski definition) is 5. The summed E-state index contributed by atoms with van der Waals surface area (Å²) >= 11 is 5.95. The molecule has 0 amide bonds. The number of thiazole rings is 1. The van der Waals surface area contributed by atoms with Crippen LogP contribution in [0.15, 0.2) is 17.8 Å². The van der Waals surface area contributed by atoms with Crippen LogP contribution < -0.4 is 5.32 Å². The molecule has 1 saturated heterocycles. The van der Waals surface area contributed by atoms with Crippen LogP contribution in [0, 0.1) is 0 Å². The number of rotatable bonds is 5. The predicted molar refractivity (Wildman–Crippen MR) is 92.4 cm³/mol. The van der Waals surface area contributed by atoms with Gasteiger partial charge in [0.05, 0.1) is 5.69 Å². The van der Waals surface area contributed by atoms with Gasteiger partial charge < -0.3 is 5.32 Å². The van der Waals surface area contributed by atoms with Crippen LogP contribution >= 0.6 is 34.9 Å². The zero-order chi connectivity index (χ0) is 13.9. The Morgan fingerprint density at radius 3 is 3.05 bits per heavy atom. The molecule has 0 aromatic carbocycles. The molecule has 0 bridgehead atoms. The van der Waals surface area contributed by atoms with Crippen molar-refractivity contribution in [3.8, 4) is 0 Å². The third-order valence-electron chi connectivity index (χ3n) is 3.67. The molecule has 6 heteroatoms. The molecular weight excluding hydrogens is 306 g/mol. The molecule has 1 fully saturated rings. The van der Waals surface area contributed by atoms with E-state index in [1.807, 2.05) is 0 Å². The highest BCUT2D eigenvalue weighted by Gasteiger charge is 2.30. The Balaban J connectivity index is 1.74. The van der Waals surface area contributed by atoms with Crippen molar-refractivity contribution in [2.24, 2.45) is 0 Å². The number of aromatic nitrogens is 2. The van der Waals surface area contributed by atoms with E-state index in [9.17, 15) is 0 Å². The van der Waals surface area contributed by atoms with Gasteiger partial charge in [-0.1, -0.05) is 13.8 Å². The van der Waals surface area contributed by atoms with Gasteiger partial charge >= 0.3 is 0 Å². The van der Waals surface area contributed by atoms with Gasteiger partial charge in [-0.25, -0.2) is 4.98 Å². The van der Waals surface area contributed by atoms with Crippen molar-refractivity contribution in [1.29, 1.82) is 0 Å². The van der Waals surface area contributed by atoms with Crippen LogP contribution in [-0.2, 0) is 6.42 Å². The van der Waals surface area contributed by atoms with Crippen molar-refractivity contribution in [2.75, 3.05) is 18.1 Å². The lowest BCUT2D eigenvalue weighted by Gasteiger charge is -2.34. The van der Waals surface area contributed by atoms with Crippen molar-refractivity contribution in [3.05, 3.63) is 23.5 Å². The Morgan fingerprint density at radius 2 is 2.30 bits per heavy atom. The van der Waals surface area contributed by atoms with Gasteiger partial charge in [-0.05, 0) is 6.54 Å². The first-order valence-electron chi connectivity index (χ1n) is 7.15. The highest BCUT2D eigenvalue weighted by atomic mass is 32.2. The van der Waals surface area contributed by atoms with Gasteiger partial charge in [0.1, 0.15) is 0 Å². The average Bonchev–Trinajstić information content (AvgIpc) is 3.00. The Morgan fingerprint density at radius 1 is 1.45 bits per heavy atom. The van der Waals surface area contributed by atoms with Crippen LogP contribution in [0.5, 0.6) is 0 Å². The topological polar surface area (TPSA) is 29.3 Å². The van der Waals surface area contributed by atoms with Gasteiger partial charge in [-0.3, -0.25) is 4.40 Å². The molecule has 2 aromatic heterocycles. The molecule has 2 aromatic rings. The zero-order valence-electron chi connectivity index (χ0n) is 11.9. The fraction of sp³-hybridized carbons (Fsp3) is 0.643. The lowest BCUT2D eigenvalue weighted by molar-refractivity contribution is 0.497. The largest absolute Gasteiger partial charge is 0.313 e. The molecule has 1 aliphatic heterocycles.